The van der Waals surface area contributed by atoms with E-state index in [1.165, 1.54) is 11.8 Å². The van der Waals surface area contributed by atoms with Crippen LogP contribution in [0.4, 0.5) is 0 Å². The molecular formula is C11H15NO3S. The van der Waals surface area contributed by atoms with E-state index in [2.05, 4.69) is 0 Å². The maximum Gasteiger partial charge on any atom is 0.317 e. The van der Waals surface area contributed by atoms with Crippen LogP contribution in [0.1, 0.15) is 6.42 Å². The molecule has 1 aromatic rings. The number of nitrogens with two attached hydrogens (primary N) is 1. The van der Waals surface area contributed by atoms with Crippen molar-refractivity contribution in [3.8, 4) is 5.75 Å². The van der Waals surface area contributed by atoms with Gasteiger partial charge in [-0.3, -0.25) is 4.79 Å². The molecule has 0 saturated carbocycles. The Labute approximate surface area is 98.8 Å². The number of carboxylic acid groups (broad SMARTS) is 1. The van der Waals surface area contributed by atoms with Gasteiger partial charge in [0, 0.05) is 4.90 Å². The lowest BCUT2D eigenvalue weighted by Gasteiger charge is -2.10. The highest BCUT2D eigenvalue weighted by Gasteiger charge is 2.17. The van der Waals surface area contributed by atoms with Crippen molar-refractivity contribution < 1.29 is 14.6 Å². The van der Waals surface area contributed by atoms with Gasteiger partial charge in [0.1, 0.15) is 11.0 Å². The number of ether oxygens (including phenoxy) is 1. The molecule has 0 saturated heterocycles. The highest BCUT2D eigenvalue weighted by molar-refractivity contribution is 8.00. The molecule has 4 nitrogen and oxygen atoms in total. The lowest BCUT2D eigenvalue weighted by Crippen LogP contribution is -2.20. The minimum atomic E-state index is -0.828. The molecule has 0 aliphatic rings. The first-order valence-corrected chi connectivity index (χ1v) is 5.79. The third-order valence-electron chi connectivity index (χ3n) is 2.04. The predicted molar refractivity (Wildman–Crippen MR) is 63.9 cm³/mol. The van der Waals surface area contributed by atoms with Crippen LogP contribution >= 0.6 is 11.8 Å². The van der Waals surface area contributed by atoms with E-state index < -0.39 is 11.2 Å². The number of carbonyl (C=O) groups is 1. The molecule has 5 heteroatoms. The van der Waals surface area contributed by atoms with Gasteiger partial charge < -0.3 is 15.6 Å². The predicted octanol–water partition coefficient (Wildman–Crippen LogP) is 1.59. The number of benzene rings is 1. The number of aliphatic carboxylic acids is 1. The Bertz CT molecular complexity index is 340. The molecule has 88 valence electrons. The van der Waals surface area contributed by atoms with Crippen molar-refractivity contribution in [1.82, 2.24) is 0 Å². The summed E-state index contributed by atoms with van der Waals surface area (Å²) in [5, 5.41) is 8.48. The molecule has 0 bridgehead atoms. The van der Waals surface area contributed by atoms with Crippen molar-refractivity contribution in [2.24, 2.45) is 5.73 Å². The number of methoxy groups -OCH3 is 1. The summed E-state index contributed by atoms with van der Waals surface area (Å²) in [4.78, 5) is 11.8. The van der Waals surface area contributed by atoms with Crippen molar-refractivity contribution in [1.29, 1.82) is 0 Å². The summed E-state index contributed by atoms with van der Waals surface area (Å²) in [6.45, 7) is 0.375. The van der Waals surface area contributed by atoms with Crippen LogP contribution in [0.25, 0.3) is 0 Å². The van der Waals surface area contributed by atoms with Crippen LogP contribution in [-0.2, 0) is 4.79 Å². The van der Waals surface area contributed by atoms with Gasteiger partial charge in [-0.1, -0.05) is 0 Å². The molecule has 0 aliphatic carbocycles. The van der Waals surface area contributed by atoms with Gasteiger partial charge in [-0.25, -0.2) is 0 Å². The SMILES string of the molecule is COc1ccc(SC(CCN)C(=O)O)cc1. The van der Waals surface area contributed by atoms with E-state index in [-0.39, 0.29) is 0 Å². The highest BCUT2D eigenvalue weighted by atomic mass is 32.2. The lowest BCUT2D eigenvalue weighted by atomic mass is 10.3. The molecule has 0 amide bonds. The molecule has 3 N–H and O–H groups in total. The van der Waals surface area contributed by atoms with Crippen LogP contribution in [0.15, 0.2) is 29.2 Å². The monoisotopic (exact) mass is 241 g/mol. The third kappa shape index (κ3) is 3.75. The first kappa shape index (κ1) is 12.9. The molecule has 1 unspecified atom stereocenters. The summed E-state index contributed by atoms with van der Waals surface area (Å²) in [7, 11) is 1.59. The van der Waals surface area contributed by atoms with Crippen molar-refractivity contribution in [3.05, 3.63) is 24.3 Å². The number of thioether (sulfide) groups is 1. The Hall–Kier alpha value is -1.20. The molecule has 0 radical (unpaired) electrons. The molecular weight excluding hydrogens is 226 g/mol. The molecule has 0 aromatic heterocycles. The number of hydrogen-bond acceptors (Lipinski definition) is 4. The number of rotatable bonds is 6. The van der Waals surface area contributed by atoms with Crippen molar-refractivity contribution in [2.45, 2.75) is 16.6 Å². The standard InChI is InChI=1S/C11H15NO3S/c1-15-8-2-4-9(5-3-8)16-10(6-7-12)11(13)14/h2-5,10H,6-7,12H2,1H3,(H,13,14). The van der Waals surface area contributed by atoms with E-state index in [0.717, 1.165) is 10.6 Å². The van der Waals surface area contributed by atoms with Gasteiger partial charge in [-0.05, 0) is 37.2 Å². The first-order chi connectivity index (χ1) is 7.67. The lowest BCUT2D eigenvalue weighted by molar-refractivity contribution is -0.136. The van der Waals surface area contributed by atoms with E-state index in [1.807, 2.05) is 24.3 Å². The van der Waals surface area contributed by atoms with Gasteiger partial charge in [0.2, 0.25) is 0 Å². The third-order valence-corrected chi connectivity index (χ3v) is 3.31. The molecule has 1 aromatic carbocycles. The summed E-state index contributed by atoms with van der Waals surface area (Å²) >= 11 is 1.31. The Balaban J connectivity index is 2.65. The van der Waals surface area contributed by atoms with Crippen molar-refractivity contribution >= 4 is 17.7 Å². The maximum absolute atomic E-state index is 10.9. The average Bonchev–Trinajstić information content (AvgIpc) is 2.29. The fraction of sp³-hybridized carbons (Fsp3) is 0.364. The average molecular weight is 241 g/mol. The zero-order valence-corrected chi connectivity index (χ0v) is 9.87. The molecule has 0 aliphatic heterocycles. The van der Waals surface area contributed by atoms with E-state index in [9.17, 15) is 4.79 Å². The van der Waals surface area contributed by atoms with Gasteiger partial charge >= 0.3 is 5.97 Å². The Morgan fingerprint density at radius 3 is 2.56 bits per heavy atom. The smallest absolute Gasteiger partial charge is 0.317 e. The van der Waals surface area contributed by atoms with Crippen LogP contribution in [0.5, 0.6) is 5.75 Å². The van der Waals surface area contributed by atoms with Gasteiger partial charge in [0.25, 0.3) is 0 Å². The van der Waals surface area contributed by atoms with Gasteiger partial charge in [0.15, 0.2) is 0 Å². The van der Waals surface area contributed by atoms with Crippen LogP contribution < -0.4 is 10.5 Å². The zero-order chi connectivity index (χ0) is 12.0. The molecule has 16 heavy (non-hydrogen) atoms. The topological polar surface area (TPSA) is 72.5 Å². The van der Waals surface area contributed by atoms with Gasteiger partial charge in [0.05, 0.1) is 7.11 Å². The highest BCUT2D eigenvalue weighted by Crippen LogP contribution is 2.27. The zero-order valence-electron chi connectivity index (χ0n) is 9.05. The minimum absolute atomic E-state index is 0.375. The largest absolute Gasteiger partial charge is 0.497 e. The minimum Gasteiger partial charge on any atom is -0.497 e. The summed E-state index contributed by atoms with van der Waals surface area (Å²) in [6, 6.07) is 7.30. The van der Waals surface area contributed by atoms with Gasteiger partial charge in [-0.15, -0.1) is 11.8 Å². The van der Waals surface area contributed by atoms with Crippen LogP contribution in [0, 0.1) is 0 Å². The van der Waals surface area contributed by atoms with Gasteiger partial charge in [-0.2, -0.15) is 0 Å². The quantitative estimate of drug-likeness (QED) is 0.740. The fourth-order valence-electron chi connectivity index (χ4n) is 1.20. The first-order valence-electron chi connectivity index (χ1n) is 4.91. The Morgan fingerprint density at radius 2 is 2.12 bits per heavy atom. The second-order valence-corrected chi connectivity index (χ2v) is 4.47. The summed E-state index contributed by atoms with van der Waals surface area (Å²) in [6.07, 6.45) is 0.464. The van der Waals surface area contributed by atoms with Crippen LogP contribution in [0.2, 0.25) is 0 Å². The Morgan fingerprint density at radius 1 is 1.50 bits per heavy atom. The Kier molecular flexibility index (Phi) is 5.14. The maximum atomic E-state index is 10.9. The molecule has 1 atom stereocenters. The fourth-order valence-corrected chi connectivity index (χ4v) is 2.18. The molecule has 0 spiro atoms. The van der Waals surface area contributed by atoms with Crippen LogP contribution in [-0.4, -0.2) is 30.0 Å². The van der Waals surface area contributed by atoms with Crippen LogP contribution in [0.3, 0.4) is 0 Å². The second-order valence-electron chi connectivity index (χ2n) is 3.20. The second kappa shape index (κ2) is 6.40. The van der Waals surface area contributed by atoms with E-state index in [4.69, 9.17) is 15.6 Å². The summed E-state index contributed by atoms with van der Waals surface area (Å²) < 4.78 is 5.02. The van der Waals surface area contributed by atoms with E-state index in [1.54, 1.807) is 7.11 Å². The van der Waals surface area contributed by atoms with Crippen molar-refractivity contribution in [3.63, 3.8) is 0 Å². The summed E-state index contributed by atoms with van der Waals surface area (Å²) in [5.41, 5.74) is 5.37. The number of carboxylic acids is 1. The van der Waals surface area contributed by atoms with E-state index >= 15 is 0 Å². The molecule has 1 rings (SSSR count). The van der Waals surface area contributed by atoms with Crippen molar-refractivity contribution in [2.75, 3.05) is 13.7 Å². The number of hydrogen-bond donors (Lipinski definition) is 2. The van der Waals surface area contributed by atoms with E-state index in [0.29, 0.717) is 13.0 Å². The molecule has 0 heterocycles. The summed E-state index contributed by atoms with van der Waals surface area (Å²) in [5.74, 6) is -0.0682. The molecule has 0 fully saturated rings. The normalized spacial score (nSPS) is 12.1.